The van der Waals surface area contributed by atoms with Crippen LogP contribution in [-0.2, 0) is 4.43 Å². The number of nitrogens with one attached hydrogen (secondary N) is 1. The average molecular weight is 201 g/mol. The molecule has 5 nitrogen and oxygen atoms in total. The molecule has 0 aliphatic rings. The van der Waals surface area contributed by atoms with Crippen molar-refractivity contribution >= 4 is 14.7 Å². The summed E-state index contributed by atoms with van der Waals surface area (Å²) in [5.41, 5.74) is 0.778. The number of benzene rings is 1. The SMILES string of the molecule is O[Si](O)(O)OCNc1ccccc1. The normalized spacial score (nSPS) is 11.3. The highest BCUT2D eigenvalue weighted by molar-refractivity contribution is 6.48. The predicted molar refractivity (Wildman–Crippen MR) is 48.4 cm³/mol. The van der Waals surface area contributed by atoms with Gasteiger partial charge in [0, 0.05) is 5.69 Å². The van der Waals surface area contributed by atoms with Crippen LogP contribution in [0, 0.1) is 0 Å². The largest absolute Gasteiger partial charge is 0.672 e. The van der Waals surface area contributed by atoms with E-state index in [0.717, 1.165) is 5.69 Å². The molecule has 1 aromatic rings. The van der Waals surface area contributed by atoms with Gasteiger partial charge in [-0.25, -0.2) is 0 Å². The van der Waals surface area contributed by atoms with Crippen LogP contribution in [0.25, 0.3) is 0 Å². The average Bonchev–Trinajstić information content (AvgIpc) is 2.04. The molecule has 0 amide bonds. The van der Waals surface area contributed by atoms with Gasteiger partial charge in [0.15, 0.2) is 0 Å². The molecular weight excluding hydrogens is 190 g/mol. The summed E-state index contributed by atoms with van der Waals surface area (Å²) < 4.78 is 4.33. The van der Waals surface area contributed by atoms with Crippen LogP contribution in [0.3, 0.4) is 0 Å². The van der Waals surface area contributed by atoms with Gasteiger partial charge in [0.25, 0.3) is 0 Å². The van der Waals surface area contributed by atoms with Crippen molar-refractivity contribution in [1.29, 1.82) is 0 Å². The van der Waals surface area contributed by atoms with Gasteiger partial charge in [-0.3, -0.25) is 0 Å². The zero-order chi connectivity index (χ0) is 9.73. The molecule has 0 bridgehead atoms. The molecular formula is C7H11NO4Si. The molecule has 4 N–H and O–H groups in total. The van der Waals surface area contributed by atoms with E-state index in [9.17, 15) is 0 Å². The molecule has 0 saturated carbocycles. The summed E-state index contributed by atoms with van der Waals surface area (Å²) in [5.74, 6) is 0. The lowest BCUT2D eigenvalue weighted by Crippen LogP contribution is -2.40. The molecule has 13 heavy (non-hydrogen) atoms. The third-order valence-corrected chi connectivity index (χ3v) is 1.85. The van der Waals surface area contributed by atoms with Crippen molar-refractivity contribution in [2.45, 2.75) is 0 Å². The Morgan fingerprint density at radius 2 is 1.77 bits per heavy atom. The van der Waals surface area contributed by atoms with Crippen molar-refractivity contribution in [3.63, 3.8) is 0 Å². The molecule has 0 heterocycles. The van der Waals surface area contributed by atoms with Gasteiger partial charge in [0.05, 0.1) is 0 Å². The molecule has 1 aromatic carbocycles. The summed E-state index contributed by atoms with van der Waals surface area (Å²) in [4.78, 5) is 25.5. The molecule has 0 unspecified atom stereocenters. The smallest absolute Gasteiger partial charge is 0.368 e. The Kier molecular flexibility index (Phi) is 3.40. The van der Waals surface area contributed by atoms with Crippen LogP contribution in [0.4, 0.5) is 5.69 Å². The van der Waals surface area contributed by atoms with Gasteiger partial charge in [-0.2, -0.15) is 0 Å². The fraction of sp³-hybridized carbons (Fsp3) is 0.143. The van der Waals surface area contributed by atoms with Gasteiger partial charge < -0.3 is 24.1 Å². The topological polar surface area (TPSA) is 82.0 Å². The first-order valence-corrected chi connectivity index (χ1v) is 5.43. The van der Waals surface area contributed by atoms with Crippen LogP contribution in [-0.4, -0.2) is 30.2 Å². The Balaban J connectivity index is 2.29. The van der Waals surface area contributed by atoms with E-state index in [1.807, 2.05) is 18.2 Å². The van der Waals surface area contributed by atoms with Crippen LogP contribution in [0.15, 0.2) is 30.3 Å². The van der Waals surface area contributed by atoms with E-state index in [1.54, 1.807) is 12.1 Å². The third kappa shape index (κ3) is 4.61. The monoisotopic (exact) mass is 201 g/mol. The van der Waals surface area contributed by atoms with E-state index in [4.69, 9.17) is 14.4 Å². The second-order valence-electron chi connectivity index (χ2n) is 2.41. The maximum absolute atomic E-state index is 8.48. The van der Waals surface area contributed by atoms with Gasteiger partial charge >= 0.3 is 9.05 Å². The number of hydrogen-bond donors (Lipinski definition) is 4. The Labute approximate surface area is 76.7 Å². The van der Waals surface area contributed by atoms with Crippen molar-refractivity contribution in [1.82, 2.24) is 0 Å². The Morgan fingerprint density at radius 3 is 2.31 bits per heavy atom. The summed E-state index contributed by atoms with van der Waals surface area (Å²) in [6.45, 7) is -0.139. The van der Waals surface area contributed by atoms with Gasteiger partial charge in [-0.15, -0.1) is 0 Å². The molecule has 0 aliphatic heterocycles. The first kappa shape index (κ1) is 10.2. The quantitative estimate of drug-likeness (QED) is 0.389. The maximum atomic E-state index is 8.48. The molecule has 0 aliphatic carbocycles. The second kappa shape index (κ2) is 4.35. The van der Waals surface area contributed by atoms with Gasteiger partial charge in [-0.1, -0.05) is 18.2 Å². The highest BCUT2D eigenvalue weighted by Crippen LogP contribution is 2.04. The zero-order valence-corrected chi connectivity index (χ0v) is 7.84. The van der Waals surface area contributed by atoms with Gasteiger partial charge in [0.1, 0.15) is 6.73 Å². The van der Waals surface area contributed by atoms with E-state index in [2.05, 4.69) is 9.74 Å². The lowest BCUT2D eigenvalue weighted by molar-refractivity contribution is 0.0706. The van der Waals surface area contributed by atoms with Crippen molar-refractivity contribution in [2.24, 2.45) is 0 Å². The molecule has 0 atom stereocenters. The van der Waals surface area contributed by atoms with Crippen molar-refractivity contribution in [3.8, 4) is 0 Å². The molecule has 0 fully saturated rings. The van der Waals surface area contributed by atoms with Crippen molar-refractivity contribution < 1.29 is 18.8 Å². The minimum Gasteiger partial charge on any atom is -0.368 e. The summed E-state index contributed by atoms with van der Waals surface area (Å²) in [6, 6.07) is 9.08. The highest BCUT2D eigenvalue weighted by atomic mass is 28.4. The van der Waals surface area contributed by atoms with Crippen LogP contribution >= 0.6 is 0 Å². The van der Waals surface area contributed by atoms with E-state index < -0.39 is 9.05 Å². The Bertz CT molecular complexity index is 248. The minimum atomic E-state index is -4.37. The predicted octanol–water partition coefficient (Wildman–Crippen LogP) is -0.515. The van der Waals surface area contributed by atoms with E-state index in [-0.39, 0.29) is 6.73 Å². The maximum Gasteiger partial charge on any atom is 0.672 e. The Hall–Kier alpha value is -0.923. The first-order chi connectivity index (χ1) is 6.08. The lowest BCUT2D eigenvalue weighted by Gasteiger charge is -2.11. The van der Waals surface area contributed by atoms with E-state index in [0.29, 0.717) is 0 Å². The third-order valence-electron chi connectivity index (χ3n) is 1.32. The standard InChI is InChI=1S/C7H11NO4Si/c9-13(10,11)12-6-8-7-4-2-1-3-5-7/h1-5,8-11H,6H2. The lowest BCUT2D eigenvalue weighted by atomic mass is 10.3. The van der Waals surface area contributed by atoms with Crippen LogP contribution < -0.4 is 5.32 Å². The van der Waals surface area contributed by atoms with Gasteiger partial charge in [0.2, 0.25) is 0 Å². The fourth-order valence-electron chi connectivity index (χ4n) is 0.772. The summed E-state index contributed by atoms with van der Waals surface area (Å²) in [6.07, 6.45) is 0. The number of hydrogen-bond acceptors (Lipinski definition) is 5. The second-order valence-corrected chi connectivity index (χ2v) is 3.84. The molecule has 72 valence electrons. The number of para-hydroxylation sites is 1. The molecule has 0 aromatic heterocycles. The zero-order valence-electron chi connectivity index (χ0n) is 6.84. The van der Waals surface area contributed by atoms with Crippen LogP contribution in [0.5, 0.6) is 0 Å². The first-order valence-electron chi connectivity index (χ1n) is 3.68. The number of anilines is 1. The molecule has 0 saturated heterocycles. The van der Waals surface area contributed by atoms with Crippen LogP contribution in [0.1, 0.15) is 0 Å². The molecule has 6 heteroatoms. The van der Waals surface area contributed by atoms with Gasteiger partial charge in [-0.05, 0) is 12.1 Å². The van der Waals surface area contributed by atoms with Crippen LogP contribution in [0.2, 0.25) is 0 Å². The molecule has 1 rings (SSSR count). The van der Waals surface area contributed by atoms with Crippen molar-refractivity contribution in [3.05, 3.63) is 30.3 Å². The summed E-state index contributed by atoms with van der Waals surface area (Å²) in [5, 5.41) is 2.73. The summed E-state index contributed by atoms with van der Waals surface area (Å²) >= 11 is 0. The number of rotatable bonds is 4. The fourth-order valence-corrected chi connectivity index (χ4v) is 1.04. The van der Waals surface area contributed by atoms with E-state index in [1.165, 1.54) is 0 Å². The van der Waals surface area contributed by atoms with Crippen molar-refractivity contribution in [2.75, 3.05) is 12.0 Å². The Morgan fingerprint density at radius 1 is 1.15 bits per heavy atom. The minimum absolute atomic E-state index is 0.139. The highest BCUT2D eigenvalue weighted by Gasteiger charge is 2.30. The molecule has 0 radical (unpaired) electrons. The summed E-state index contributed by atoms with van der Waals surface area (Å²) in [7, 11) is -4.37. The van der Waals surface area contributed by atoms with E-state index >= 15 is 0 Å². The molecule has 0 spiro atoms.